The highest BCUT2D eigenvalue weighted by Crippen LogP contribution is 2.51. The van der Waals surface area contributed by atoms with Gasteiger partial charge in [-0.15, -0.1) is 0 Å². The molecule has 0 aliphatic carbocycles. The van der Waals surface area contributed by atoms with E-state index in [0.717, 1.165) is 12.1 Å². The Bertz CT molecular complexity index is 1450. The van der Waals surface area contributed by atoms with E-state index in [0.29, 0.717) is 16.5 Å². The molecule has 4 rings (SSSR count). The van der Waals surface area contributed by atoms with Crippen molar-refractivity contribution in [3.05, 3.63) is 95.0 Å². The summed E-state index contributed by atoms with van der Waals surface area (Å²) in [5, 5.41) is 20.5. The molecule has 1 heterocycles. The van der Waals surface area contributed by atoms with Crippen molar-refractivity contribution in [1.82, 2.24) is 4.98 Å². The highest BCUT2D eigenvalue weighted by molar-refractivity contribution is 6.31. The number of hydrogen-bond donors (Lipinski definition) is 2. The van der Waals surface area contributed by atoms with Crippen molar-refractivity contribution in [2.24, 2.45) is 0 Å². The monoisotopic (exact) mass is 519 g/mol. The van der Waals surface area contributed by atoms with E-state index >= 15 is 0 Å². The zero-order valence-corrected chi connectivity index (χ0v) is 19.3. The van der Waals surface area contributed by atoms with Crippen LogP contribution in [0.3, 0.4) is 0 Å². The highest BCUT2D eigenvalue weighted by Gasteiger charge is 2.59. The summed E-state index contributed by atoms with van der Waals surface area (Å²) in [6.07, 6.45) is -3.98. The third-order valence-corrected chi connectivity index (χ3v) is 6.41. The first-order valence-corrected chi connectivity index (χ1v) is 10.9. The molecule has 0 spiro atoms. The number of aromatic nitrogens is 1. The van der Waals surface area contributed by atoms with E-state index in [1.54, 1.807) is 6.07 Å². The number of alkyl halides is 3. The largest absolute Gasteiger partial charge is 0.511 e. The lowest BCUT2D eigenvalue weighted by Crippen LogP contribution is -2.46. The maximum Gasteiger partial charge on any atom is 0.511 e. The lowest BCUT2D eigenvalue weighted by Gasteiger charge is -2.37. The van der Waals surface area contributed by atoms with Gasteiger partial charge in [-0.2, -0.15) is 13.2 Å². The Kier molecular flexibility index (Phi) is 6.64. The topological polar surface area (TPSA) is 79.7 Å². The number of halogens is 5. The number of ether oxygens (including phenoxy) is 1. The van der Waals surface area contributed by atoms with E-state index in [1.807, 2.05) is 0 Å². The maximum atomic E-state index is 14.5. The van der Waals surface area contributed by atoms with E-state index < -0.39 is 35.4 Å². The quantitative estimate of drug-likeness (QED) is 0.164. The lowest BCUT2D eigenvalue weighted by atomic mass is 9.76. The van der Waals surface area contributed by atoms with Gasteiger partial charge in [0.1, 0.15) is 0 Å². The lowest BCUT2D eigenvalue weighted by molar-refractivity contribution is -0.274. The zero-order chi connectivity index (χ0) is 26.3. The molecule has 0 saturated carbocycles. The Hall–Kier alpha value is -3.69. The molecule has 0 radical (unpaired) electrons. The first-order valence-electron chi connectivity index (χ1n) is 10.6. The Morgan fingerprint density at radius 1 is 1.06 bits per heavy atom. The summed E-state index contributed by atoms with van der Waals surface area (Å²) in [5.41, 5.74) is -2.94. The van der Waals surface area contributed by atoms with Gasteiger partial charge in [0.2, 0.25) is 0 Å². The molecular weight excluding hydrogens is 502 g/mol. The van der Waals surface area contributed by atoms with Crippen molar-refractivity contribution >= 4 is 28.5 Å². The molecule has 36 heavy (non-hydrogen) atoms. The van der Waals surface area contributed by atoms with Gasteiger partial charge in [-0.25, -0.2) is 9.18 Å². The van der Waals surface area contributed by atoms with Gasteiger partial charge in [-0.3, -0.25) is 4.98 Å². The SMILES string of the molecule is CC(c1ccc(-c2ccc(OC(=O)O)c(F)c2)cc1Cl)C(O)(c1cccc2cnccc12)C(F)(F)F. The number of fused-ring (bicyclic) bond motifs is 1. The molecule has 2 N–H and O–H groups in total. The van der Waals surface area contributed by atoms with Crippen LogP contribution in [0.1, 0.15) is 24.0 Å². The van der Waals surface area contributed by atoms with Crippen LogP contribution in [0, 0.1) is 5.82 Å². The second kappa shape index (κ2) is 9.40. The first-order chi connectivity index (χ1) is 16.9. The van der Waals surface area contributed by atoms with Gasteiger partial charge < -0.3 is 14.9 Å². The zero-order valence-electron chi connectivity index (χ0n) is 18.6. The molecule has 0 amide bonds. The predicted octanol–water partition coefficient (Wildman–Crippen LogP) is 7.30. The van der Waals surface area contributed by atoms with Crippen molar-refractivity contribution in [3.8, 4) is 16.9 Å². The number of carboxylic acid groups (broad SMARTS) is 1. The average molecular weight is 520 g/mol. The standard InChI is InChI=1S/C26H18ClF4NO4/c1-14(25(35,26(29,30)31)20-4-2-3-17-13-32-10-9-19(17)20)18-7-5-15(11-21(18)27)16-6-8-23(22(28)12-16)36-24(33)34/h2-14,35H,1H3,(H,33,34). The van der Waals surface area contributed by atoms with Gasteiger partial charge in [-0.05, 0) is 46.3 Å². The fourth-order valence-corrected chi connectivity index (χ4v) is 4.57. The van der Waals surface area contributed by atoms with Gasteiger partial charge in [0, 0.05) is 34.3 Å². The summed E-state index contributed by atoms with van der Waals surface area (Å²) in [5.74, 6) is -2.97. The van der Waals surface area contributed by atoms with Crippen molar-refractivity contribution in [3.63, 3.8) is 0 Å². The second-order valence-corrected chi connectivity index (χ2v) is 8.54. The van der Waals surface area contributed by atoms with Crippen LogP contribution in [0.15, 0.2) is 73.1 Å². The molecule has 0 bridgehead atoms. The Morgan fingerprint density at radius 3 is 2.39 bits per heavy atom. The molecule has 4 aromatic rings. The average Bonchev–Trinajstić information content (AvgIpc) is 2.83. The van der Waals surface area contributed by atoms with E-state index in [1.165, 1.54) is 61.8 Å². The van der Waals surface area contributed by atoms with E-state index in [-0.39, 0.29) is 21.5 Å². The summed E-state index contributed by atoms with van der Waals surface area (Å²) >= 11 is 6.39. The van der Waals surface area contributed by atoms with Gasteiger partial charge in [0.15, 0.2) is 17.2 Å². The van der Waals surface area contributed by atoms with Crippen molar-refractivity contribution < 1.29 is 37.3 Å². The number of hydrogen-bond acceptors (Lipinski definition) is 4. The van der Waals surface area contributed by atoms with Crippen LogP contribution in [0.25, 0.3) is 21.9 Å². The molecule has 2 atom stereocenters. The summed E-state index contributed by atoms with van der Waals surface area (Å²) < 4.78 is 62.0. The minimum atomic E-state index is -5.06. The Morgan fingerprint density at radius 2 is 1.75 bits per heavy atom. The molecule has 3 aromatic carbocycles. The normalized spacial score (nSPS) is 14.3. The van der Waals surface area contributed by atoms with Crippen molar-refractivity contribution in [1.29, 1.82) is 0 Å². The molecular formula is C26H18ClF4NO4. The van der Waals surface area contributed by atoms with Crippen LogP contribution in [-0.2, 0) is 5.60 Å². The first kappa shape index (κ1) is 25.4. The van der Waals surface area contributed by atoms with Crippen LogP contribution in [0.4, 0.5) is 22.4 Å². The molecule has 186 valence electrons. The number of benzene rings is 3. The molecule has 10 heteroatoms. The minimum absolute atomic E-state index is 0.0256. The summed E-state index contributed by atoms with van der Waals surface area (Å²) in [6.45, 7) is 1.23. The summed E-state index contributed by atoms with van der Waals surface area (Å²) in [7, 11) is 0. The van der Waals surface area contributed by atoms with Crippen LogP contribution in [0.2, 0.25) is 5.02 Å². The van der Waals surface area contributed by atoms with E-state index in [2.05, 4.69) is 9.72 Å². The smallest absolute Gasteiger partial charge is 0.449 e. The van der Waals surface area contributed by atoms with Gasteiger partial charge in [0.05, 0.1) is 0 Å². The summed E-state index contributed by atoms with van der Waals surface area (Å²) in [4.78, 5) is 14.6. The van der Waals surface area contributed by atoms with Crippen LogP contribution in [0.5, 0.6) is 5.75 Å². The third-order valence-electron chi connectivity index (χ3n) is 6.08. The van der Waals surface area contributed by atoms with Gasteiger partial charge in [-0.1, -0.05) is 54.9 Å². The molecule has 5 nitrogen and oxygen atoms in total. The van der Waals surface area contributed by atoms with Gasteiger partial charge in [0.25, 0.3) is 0 Å². The van der Waals surface area contributed by atoms with E-state index in [4.69, 9.17) is 16.7 Å². The van der Waals surface area contributed by atoms with Crippen LogP contribution >= 0.6 is 11.6 Å². The number of aliphatic hydroxyl groups is 1. The van der Waals surface area contributed by atoms with Gasteiger partial charge >= 0.3 is 12.3 Å². The molecule has 0 aliphatic heterocycles. The Labute approximate surface area is 207 Å². The number of carbonyl (C=O) groups is 1. The third kappa shape index (κ3) is 4.47. The molecule has 0 aliphatic rings. The molecule has 0 saturated heterocycles. The second-order valence-electron chi connectivity index (χ2n) is 8.14. The molecule has 2 unspecified atom stereocenters. The minimum Gasteiger partial charge on any atom is -0.449 e. The fourth-order valence-electron chi connectivity index (χ4n) is 4.23. The maximum absolute atomic E-state index is 14.5. The highest BCUT2D eigenvalue weighted by atomic mass is 35.5. The predicted molar refractivity (Wildman–Crippen MR) is 126 cm³/mol. The molecule has 0 fully saturated rings. The number of nitrogens with zero attached hydrogens (tertiary/aromatic N) is 1. The van der Waals surface area contributed by atoms with Crippen molar-refractivity contribution in [2.45, 2.75) is 24.6 Å². The number of rotatable bonds is 5. The molecule has 1 aromatic heterocycles. The van der Waals surface area contributed by atoms with Crippen LogP contribution in [-0.4, -0.2) is 27.5 Å². The van der Waals surface area contributed by atoms with Crippen LogP contribution < -0.4 is 4.74 Å². The Balaban J connectivity index is 1.78. The fraction of sp³-hybridized carbons (Fsp3) is 0.154. The van der Waals surface area contributed by atoms with E-state index in [9.17, 15) is 27.5 Å². The van der Waals surface area contributed by atoms with Crippen molar-refractivity contribution in [2.75, 3.05) is 0 Å². The summed E-state index contributed by atoms with van der Waals surface area (Å²) in [6, 6.07) is 13.3. The number of pyridine rings is 1.